The van der Waals surface area contributed by atoms with Crippen LogP contribution >= 0.6 is 43.5 Å². The number of phenolic OH excluding ortho intramolecular Hbond substituents is 2. The number of aliphatic imine (C=N–C) groups is 1. The third kappa shape index (κ3) is 3.51. The van der Waals surface area contributed by atoms with Crippen molar-refractivity contribution in [3.05, 3.63) is 43.8 Å². The van der Waals surface area contributed by atoms with Crippen LogP contribution in [0.4, 0.5) is 5.69 Å². The van der Waals surface area contributed by atoms with Gasteiger partial charge in [0.15, 0.2) is 0 Å². The van der Waals surface area contributed by atoms with Crippen LogP contribution in [0, 0.1) is 0 Å². The molecule has 110 valence electrons. The summed E-state index contributed by atoms with van der Waals surface area (Å²) in [7, 11) is 1.54. The van der Waals surface area contributed by atoms with E-state index in [4.69, 9.17) is 16.3 Å². The number of aromatic hydroxyl groups is 2. The minimum atomic E-state index is -0.0981. The zero-order chi connectivity index (χ0) is 15.6. The Morgan fingerprint density at radius 2 is 1.90 bits per heavy atom. The quantitative estimate of drug-likeness (QED) is 0.665. The van der Waals surface area contributed by atoms with E-state index in [0.29, 0.717) is 26.5 Å². The van der Waals surface area contributed by atoms with Gasteiger partial charge in [0.2, 0.25) is 0 Å². The van der Waals surface area contributed by atoms with Crippen LogP contribution in [0.25, 0.3) is 0 Å². The van der Waals surface area contributed by atoms with Crippen molar-refractivity contribution in [3.8, 4) is 17.2 Å². The Balaban J connectivity index is 2.36. The third-order valence-corrected chi connectivity index (χ3v) is 4.34. The number of nitrogens with zero attached hydrogens (tertiary/aromatic N) is 1. The summed E-state index contributed by atoms with van der Waals surface area (Å²) in [5.74, 6) is 0.393. The lowest BCUT2D eigenvalue weighted by atomic mass is 10.2. The van der Waals surface area contributed by atoms with Gasteiger partial charge in [-0.25, -0.2) is 0 Å². The van der Waals surface area contributed by atoms with Crippen LogP contribution in [-0.4, -0.2) is 23.5 Å². The maximum atomic E-state index is 9.95. The molecule has 0 saturated carbocycles. The van der Waals surface area contributed by atoms with E-state index >= 15 is 0 Å². The summed E-state index contributed by atoms with van der Waals surface area (Å²) in [5.41, 5.74) is 1.05. The number of halogens is 3. The number of rotatable bonds is 3. The predicted octanol–water partition coefficient (Wildman–Crippen LogP) is 5.04. The zero-order valence-electron chi connectivity index (χ0n) is 10.8. The second-order valence-electron chi connectivity index (χ2n) is 4.04. The molecule has 0 radical (unpaired) electrons. The van der Waals surface area contributed by atoms with E-state index < -0.39 is 0 Å². The van der Waals surface area contributed by atoms with Gasteiger partial charge in [-0.15, -0.1) is 0 Å². The third-order valence-electron chi connectivity index (χ3n) is 2.69. The summed E-state index contributed by atoms with van der Waals surface area (Å²) >= 11 is 12.3. The van der Waals surface area contributed by atoms with Crippen LogP contribution in [0.5, 0.6) is 17.2 Å². The van der Waals surface area contributed by atoms with Gasteiger partial charge in [-0.05, 0) is 56.1 Å². The fourth-order valence-corrected chi connectivity index (χ4v) is 3.00. The predicted molar refractivity (Wildman–Crippen MR) is 90.4 cm³/mol. The molecule has 0 aliphatic rings. The molecule has 0 amide bonds. The molecule has 0 saturated heterocycles. The Morgan fingerprint density at radius 1 is 1.19 bits per heavy atom. The van der Waals surface area contributed by atoms with Gasteiger partial charge >= 0.3 is 0 Å². The lowest BCUT2D eigenvalue weighted by Gasteiger charge is -2.06. The average molecular weight is 435 g/mol. The first kappa shape index (κ1) is 16.1. The van der Waals surface area contributed by atoms with E-state index in [1.54, 1.807) is 24.3 Å². The first-order valence-electron chi connectivity index (χ1n) is 5.71. The average Bonchev–Trinajstić information content (AvgIpc) is 2.47. The molecule has 7 heteroatoms. The molecule has 0 fully saturated rings. The number of hydrogen-bond acceptors (Lipinski definition) is 4. The number of ether oxygens (including phenoxy) is 1. The minimum Gasteiger partial charge on any atom is -0.506 e. The van der Waals surface area contributed by atoms with Gasteiger partial charge in [-0.3, -0.25) is 4.99 Å². The van der Waals surface area contributed by atoms with Gasteiger partial charge in [0.25, 0.3) is 0 Å². The molecule has 2 aromatic carbocycles. The molecule has 0 aliphatic heterocycles. The minimum absolute atomic E-state index is 0.0721. The van der Waals surface area contributed by atoms with Gasteiger partial charge in [0, 0.05) is 11.8 Å². The molecule has 4 nitrogen and oxygen atoms in total. The zero-order valence-corrected chi connectivity index (χ0v) is 14.7. The van der Waals surface area contributed by atoms with Crippen molar-refractivity contribution in [3.63, 3.8) is 0 Å². The monoisotopic (exact) mass is 433 g/mol. The number of hydrogen-bond donors (Lipinski definition) is 2. The van der Waals surface area contributed by atoms with Crippen LogP contribution < -0.4 is 4.74 Å². The highest BCUT2D eigenvalue weighted by Gasteiger charge is 2.12. The molecule has 2 rings (SSSR count). The van der Waals surface area contributed by atoms with Gasteiger partial charge in [0.1, 0.15) is 21.7 Å². The number of methoxy groups -OCH3 is 1. The van der Waals surface area contributed by atoms with E-state index in [9.17, 15) is 10.2 Å². The van der Waals surface area contributed by atoms with Crippen LogP contribution in [-0.2, 0) is 0 Å². The Hall–Kier alpha value is -1.24. The number of phenols is 2. The molecule has 0 heterocycles. The molecular formula is C14H10Br2ClNO3. The second-order valence-corrected chi connectivity index (χ2v) is 6.09. The summed E-state index contributed by atoms with van der Waals surface area (Å²) in [6.45, 7) is 0. The fourth-order valence-electron chi connectivity index (χ4n) is 1.60. The van der Waals surface area contributed by atoms with Crippen LogP contribution in [0.2, 0.25) is 5.02 Å². The van der Waals surface area contributed by atoms with E-state index in [1.807, 2.05) is 0 Å². The largest absolute Gasteiger partial charge is 0.506 e. The van der Waals surface area contributed by atoms with Gasteiger partial charge < -0.3 is 14.9 Å². The molecule has 0 unspecified atom stereocenters. The Kier molecular flexibility index (Phi) is 5.13. The van der Waals surface area contributed by atoms with Crippen molar-refractivity contribution in [1.82, 2.24) is 0 Å². The van der Waals surface area contributed by atoms with Crippen molar-refractivity contribution >= 4 is 55.4 Å². The molecule has 21 heavy (non-hydrogen) atoms. The van der Waals surface area contributed by atoms with Gasteiger partial charge in [-0.1, -0.05) is 11.6 Å². The first-order valence-corrected chi connectivity index (χ1v) is 7.68. The van der Waals surface area contributed by atoms with Crippen molar-refractivity contribution in [2.24, 2.45) is 4.99 Å². The summed E-state index contributed by atoms with van der Waals surface area (Å²) in [4.78, 5) is 4.24. The molecule has 0 atom stereocenters. The highest BCUT2D eigenvalue weighted by molar-refractivity contribution is 9.11. The summed E-state index contributed by atoms with van der Waals surface area (Å²) in [6.07, 6.45) is 1.47. The van der Waals surface area contributed by atoms with E-state index in [-0.39, 0.29) is 16.0 Å². The SMILES string of the molecule is COc1ccc(N=Cc2cc(Br)c(O)c(Br)c2O)cc1Cl. The fraction of sp³-hybridized carbons (Fsp3) is 0.0714. The Bertz CT molecular complexity index is 720. The van der Waals surface area contributed by atoms with E-state index in [2.05, 4.69) is 36.9 Å². The summed E-state index contributed by atoms with van der Waals surface area (Å²) in [6, 6.07) is 6.66. The van der Waals surface area contributed by atoms with Crippen LogP contribution in [0.1, 0.15) is 5.56 Å². The maximum absolute atomic E-state index is 9.95. The first-order chi connectivity index (χ1) is 9.93. The second kappa shape index (κ2) is 6.68. The highest BCUT2D eigenvalue weighted by atomic mass is 79.9. The number of benzene rings is 2. The molecular weight excluding hydrogens is 425 g/mol. The molecule has 0 aliphatic carbocycles. The molecule has 2 N–H and O–H groups in total. The van der Waals surface area contributed by atoms with Crippen molar-refractivity contribution in [1.29, 1.82) is 0 Å². The van der Waals surface area contributed by atoms with Gasteiger partial charge in [-0.2, -0.15) is 0 Å². The van der Waals surface area contributed by atoms with Crippen molar-refractivity contribution < 1.29 is 14.9 Å². The van der Waals surface area contributed by atoms with Crippen molar-refractivity contribution in [2.75, 3.05) is 7.11 Å². The van der Waals surface area contributed by atoms with E-state index in [0.717, 1.165) is 0 Å². The lowest BCUT2D eigenvalue weighted by molar-refractivity contribution is 0.415. The Labute approximate surface area is 143 Å². The van der Waals surface area contributed by atoms with Crippen LogP contribution in [0.3, 0.4) is 0 Å². The summed E-state index contributed by atoms with van der Waals surface area (Å²) in [5, 5.41) is 20.1. The van der Waals surface area contributed by atoms with Crippen LogP contribution in [0.15, 0.2) is 38.2 Å². The lowest BCUT2D eigenvalue weighted by Crippen LogP contribution is -1.86. The standard InChI is InChI=1S/C14H10Br2ClNO3/c1-21-11-3-2-8(5-10(11)17)18-6-7-4-9(15)14(20)12(16)13(7)19/h2-6,19-20H,1H3. The molecule has 0 spiro atoms. The van der Waals surface area contributed by atoms with E-state index in [1.165, 1.54) is 13.3 Å². The van der Waals surface area contributed by atoms with Gasteiger partial charge in [0.05, 0.1) is 22.3 Å². The molecule has 2 aromatic rings. The highest BCUT2D eigenvalue weighted by Crippen LogP contribution is 2.40. The molecule has 0 aromatic heterocycles. The normalized spacial score (nSPS) is 11.0. The maximum Gasteiger partial charge on any atom is 0.147 e. The summed E-state index contributed by atoms with van der Waals surface area (Å²) < 4.78 is 5.71. The smallest absolute Gasteiger partial charge is 0.147 e. The van der Waals surface area contributed by atoms with Crippen molar-refractivity contribution in [2.45, 2.75) is 0 Å². The topological polar surface area (TPSA) is 62.0 Å². The Morgan fingerprint density at radius 3 is 2.52 bits per heavy atom. The molecule has 0 bridgehead atoms.